The van der Waals surface area contributed by atoms with Crippen molar-refractivity contribution in [2.75, 3.05) is 13.2 Å². The topological polar surface area (TPSA) is 95.9 Å². The molecule has 0 aromatic rings. The number of esters is 1. The van der Waals surface area contributed by atoms with Gasteiger partial charge in [-0.25, -0.2) is 0 Å². The molecule has 0 spiro atoms. The maximum absolute atomic E-state index is 12.5. The van der Waals surface area contributed by atoms with Gasteiger partial charge in [0.1, 0.15) is 0 Å². The Labute approximate surface area is 392 Å². The quantitative estimate of drug-likeness (QED) is 0.0321. The summed E-state index contributed by atoms with van der Waals surface area (Å²) in [7, 11) is 0. The summed E-state index contributed by atoms with van der Waals surface area (Å²) < 4.78 is 5.44. The molecular formula is C57H109NO5. The van der Waals surface area contributed by atoms with Gasteiger partial charge in [-0.15, -0.1) is 0 Å². The van der Waals surface area contributed by atoms with Gasteiger partial charge in [-0.1, -0.05) is 231 Å². The minimum atomic E-state index is -0.681. The highest BCUT2D eigenvalue weighted by Gasteiger charge is 2.20. The van der Waals surface area contributed by atoms with Crippen molar-refractivity contribution in [1.82, 2.24) is 5.32 Å². The van der Waals surface area contributed by atoms with Crippen LogP contribution < -0.4 is 5.32 Å². The van der Waals surface area contributed by atoms with Crippen LogP contribution in [0.3, 0.4) is 0 Å². The average molecular weight is 889 g/mol. The maximum Gasteiger partial charge on any atom is 0.305 e. The van der Waals surface area contributed by atoms with Gasteiger partial charge in [0.25, 0.3) is 0 Å². The predicted molar refractivity (Wildman–Crippen MR) is 273 cm³/mol. The van der Waals surface area contributed by atoms with Crippen LogP contribution in [0.15, 0.2) is 24.3 Å². The monoisotopic (exact) mass is 888 g/mol. The van der Waals surface area contributed by atoms with Crippen molar-refractivity contribution >= 4 is 11.9 Å². The summed E-state index contributed by atoms with van der Waals surface area (Å²) >= 11 is 0. The summed E-state index contributed by atoms with van der Waals surface area (Å²) in [6.45, 7) is 4.89. The molecule has 0 fully saturated rings. The van der Waals surface area contributed by atoms with Crippen LogP contribution in [-0.2, 0) is 14.3 Å². The molecule has 0 saturated heterocycles. The number of carbonyl (C=O) groups excluding carboxylic acids is 2. The Hall–Kier alpha value is -1.66. The Balaban J connectivity index is 3.50. The Bertz CT molecular complexity index is 982. The zero-order chi connectivity index (χ0) is 45.8. The number of ether oxygens (including phenoxy) is 1. The van der Waals surface area contributed by atoms with Gasteiger partial charge in [-0.3, -0.25) is 9.59 Å². The molecule has 63 heavy (non-hydrogen) atoms. The van der Waals surface area contributed by atoms with E-state index in [1.54, 1.807) is 0 Å². The van der Waals surface area contributed by atoms with E-state index >= 15 is 0 Å². The first kappa shape index (κ1) is 61.3. The lowest BCUT2D eigenvalue weighted by Gasteiger charge is -2.22. The molecule has 3 N–H and O–H groups in total. The minimum absolute atomic E-state index is 0.0308. The molecular weight excluding hydrogens is 779 g/mol. The molecule has 6 nitrogen and oxygen atoms in total. The van der Waals surface area contributed by atoms with Gasteiger partial charge in [-0.2, -0.15) is 0 Å². The number of hydrogen-bond acceptors (Lipinski definition) is 5. The second-order valence-corrected chi connectivity index (χ2v) is 19.3. The third-order valence-corrected chi connectivity index (χ3v) is 13.0. The molecule has 6 heteroatoms. The Morgan fingerprint density at radius 2 is 0.746 bits per heavy atom. The van der Waals surface area contributed by atoms with Gasteiger partial charge in [0.15, 0.2) is 0 Å². The summed E-state index contributed by atoms with van der Waals surface area (Å²) in [6, 6.07) is -0.561. The molecule has 0 aliphatic carbocycles. The number of unbranched alkanes of at least 4 members (excludes halogenated alkanes) is 37. The molecule has 372 valence electrons. The highest BCUT2D eigenvalue weighted by atomic mass is 16.5. The van der Waals surface area contributed by atoms with Crippen LogP contribution in [0.4, 0.5) is 0 Å². The van der Waals surface area contributed by atoms with E-state index in [1.807, 2.05) is 0 Å². The molecule has 0 heterocycles. The Kier molecular flexibility index (Phi) is 51.6. The molecule has 0 bridgehead atoms. The van der Waals surface area contributed by atoms with E-state index in [-0.39, 0.29) is 18.5 Å². The standard InChI is InChI=1S/C57H109NO5/c1-3-5-7-9-11-13-15-17-19-20-21-22-23-24-25-29-33-37-41-45-49-55(60)54(53-59)58-56(61)50-46-42-38-34-30-27-28-32-36-40-44-48-52-63-57(62)51-47-43-39-35-31-26-18-16-14-12-10-8-6-4-2/h16,18,28,32,54-55,59-60H,3-15,17,19-27,29-31,33-53H2,1-2H3,(H,58,61)/b18-16-,32-28-. The van der Waals surface area contributed by atoms with Gasteiger partial charge in [-0.05, 0) is 83.5 Å². The largest absolute Gasteiger partial charge is 0.466 e. The van der Waals surface area contributed by atoms with E-state index in [1.165, 1.54) is 193 Å². The number of hydrogen-bond donors (Lipinski definition) is 3. The Morgan fingerprint density at radius 3 is 1.13 bits per heavy atom. The first-order valence-electron chi connectivity index (χ1n) is 28.1. The van der Waals surface area contributed by atoms with Gasteiger partial charge in [0.05, 0.1) is 25.4 Å². The normalized spacial score (nSPS) is 12.8. The van der Waals surface area contributed by atoms with E-state index in [2.05, 4.69) is 43.5 Å². The van der Waals surface area contributed by atoms with Crippen molar-refractivity contribution in [3.63, 3.8) is 0 Å². The van der Waals surface area contributed by atoms with Crippen molar-refractivity contribution < 1.29 is 24.5 Å². The number of amides is 1. The summed E-state index contributed by atoms with van der Waals surface area (Å²) in [5.74, 6) is -0.0898. The van der Waals surface area contributed by atoms with Gasteiger partial charge < -0.3 is 20.3 Å². The Morgan fingerprint density at radius 1 is 0.429 bits per heavy atom. The number of rotatable bonds is 52. The highest BCUT2D eigenvalue weighted by Crippen LogP contribution is 2.17. The number of carbonyl (C=O) groups is 2. The fourth-order valence-corrected chi connectivity index (χ4v) is 8.63. The van der Waals surface area contributed by atoms with Crippen LogP contribution in [0.25, 0.3) is 0 Å². The highest BCUT2D eigenvalue weighted by molar-refractivity contribution is 5.76. The summed E-state index contributed by atoms with van der Waals surface area (Å²) in [6.07, 6.45) is 63.0. The van der Waals surface area contributed by atoms with Crippen LogP contribution in [-0.4, -0.2) is 47.4 Å². The molecule has 0 saturated carbocycles. The molecule has 0 radical (unpaired) electrons. The lowest BCUT2D eigenvalue weighted by molar-refractivity contribution is -0.143. The van der Waals surface area contributed by atoms with Crippen molar-refractivity contribution in [3.8, 4) is 0 Å². The third-order valence-electron chi connectivity index (χ3n) is 13.0. The number of allylic oxidation sites excluding steroid dienone is 4. The summed E-state index contributed by atoms with van der Waals surface area (Å²) in [5.41, 5.74) is 0. The van der Waals surface area contributed by atoms with E-state index in [9.17, 15) is 19.8 Å². The van der Waals surface area contributed by atoms with Crippen LogP contribution >= 0.6 is 0 Å². The van der Waals surface area contributed by atoms with Crippen molar-refractivity contribution in [2.24, 2.45) is 0 Å². The summed E-state index contributed by atoms with van der Waals surface area (Å²) in [5, 5.41) is 23.3. The fraction of sp³-hybridized carbons (Fsp3) is 0.895. The first-order valence-corrected chi connectivity index (χ1v) is 28.1. The van der Waals surface area contributed by atoms with E-state index < -0.39 is 12.1 Å². The molecule has 2 unspecified atom stereocenters. The van der Waals surface area contributed by atoms with E-state index in [4.69, 9.17) is 4.74 Å². The SMILES string of the molecule is CCCCCCC/C=C\CCCCCCCC(=O)OCCCCC/C=C\CCCCCCCC(=O)NC(CO)C(O)CCCCCCCCCCCCCCCCCCCCCC. The number of aliphatic hydroxyl groups excluding tert-OH is 2. The molecule has 2 atom stereocenters. The molecule has 0 aliphatic heterocycles. The van der Waals surface area contributed by atoms with Gasteiger partial charge in [0, 0.05) is 12.8 Å². The van der Waals surface area contributed by atoms with Gasteiger partial charge >= 0.3 is 5.97 Å². The molecule has 0 rings (SSSR count). The second-order valence-electron chi connectivity index (χ2n) is 19.3. The zero-order valence-electron chi connectivity index (χ0n) is 42.3. The lowest BCUT2D eigenvalue weighted by Crippen LogP contribution is -2.45. The van der Waals surface area contributed by atoms with Crippen LogP contribution in [0.5, 0.6) is 0 Å². The second kappa shape index (κ2) is 53.0. The predicted octanol–water partition coefficient (Wildman–Crippen LogP) is 17.1. The minimum Gasteiger partial charge on any atom is -0.466 e. The maximum atomic E-state index is 12.5. The fourth-order valence-electron chi connectivity index (χ4n) is 8.63. The third kappa shape index (κ3) is 49.6. The van der Waals surface area contributed by atoms with Crippen LogP contribution in [0, 0.1) is 0 Å². The zero-order valence-corrected chi connectivity index (χ0v) is 42.3. The van der Waals surface area contributed by atoms with E-state index in [0.29, 0.717) is 25.9 Å². The smallest absolute Gasteiger partial charge is 0.305 e. The van der Waals surface area contributed by atoms with Crippen molar-refractivity contribution in [3.05, 3.63) is 24.3 Å². The molecule has 0 aromatic heterocycles. The van der Waals surface area contributed by atoms with E-state index in [0.717, 1.165) is 77.0 Å². The lowest BCUT2D eigenvalue weighted by atomic mass is 10.0. The van der Waals surface area contributed by atoms with Crippen LogP contribution in [0.1, 0.15) is 303 Å². The first-order chi connectivity index (χ1) is 31.0. The van der Waals surface area contributed by atoms with Crippen LogP contribution in [0.2, 0.25) is 0 Å². The van der Waals surface area contributed by atoms with Crippen molar-refractivity contribution in [1.29, 1.82) is 0 Å². The number of nitrogens with one attached hydrogen (secondary N) is 1. The molecule has 0 aromatic carbocycles. The summed E-state index contributed by atoms with van der Waals surface area (Å²) in [4.78, 5) is 24.5. The molecule has 1 amide bonds. The average Bonchev–Trinajstić information content (AvgIpc) is 3.28. The van der Waals surface area contributed by atoms with Crippen molar-refractivity contribution in [2.45, 2.75) is 315 Å². The van der Waals surface area contributed by atoms with Gasteiger partial charge in [0.2, 0.25) is 5.91 Å². The number of aliphatic hydroxyl groups is 2. The molecule has 0 aliphatic rings.